The number of hydrogen-bond donors (Lipinski definition) is 2. The molecule has 0 aliphatic heterocycles. The molecule has 22 heavy (non-hydrogen) atoms. The second-order valence-electron chi connectivity index (χ2n) is 5.00. The number of benzene rings is 1. The van der Waals surface area contributed by atoms with Crippen LogP contribution in [0, 0.1) is 5.92 Å². The number of rotatable bonds is 5. The molecule has 2 amide bonds. The number of nitrogens with zero attached hydrogens (tertiary/aromatic N) is 1. The molecular weight excluding hydrogens is 301 g/mol. The van der Waals surface area contributed by atoms with Gasteiger partial charge in [-0.15, -0.1) is 0 Å². The summed E-state index contributed by atoms with van der Waals surface area (Å²) in [7, 11) is 1.38. The van der Waals surface area contributed by atoms with Gasteiger partial charge in [0.1, 0.15) is 0 Å². The minimum Gasteiger partial charge on any atom is -0.481 e. The van der Waals surface area contributed by atoms with Crippen molar-refractivity contribution < 1.29 is 27.9 Å². The average molecular weight is 318 g/mol. The third-order valence-corrected chi connectivity index (χ3v) is 2.97. The quantitative estimate of drug-likeness (QED) is 0.877. The largest absolute Gasteiger partial charge is 0.481 e. The fourth-order valence-corrected chi connectivity index (χ4v) is 1.79. The van der Waals surface area contributed by atoms with Gasteiger partial charge in [0.2, 0.25) is 0 Å². The Balaban J connectivity index is 2.78. The van der Waals surface area contributed by atoms with Crippen molar-refractivity contribution in [1.82, 2.24) is 4.90 Å². The van der Waals surface area contributed by atoms with E-state index in [9.17, 15) is 22.8 Å². The van der Waals surface area contributed by atoms with Crippen LogP contribution in [0.1, 0.15) is 12.5 Å². The monoisotopic (exact) mass is 318 g/mol. The lowest BCUT2D eigenvalue weighted by Gasteiger charge is -2.21. The Bertz CT molecular complexity index is 546. The van der Waals surface area contributed by atoms with Crippen molar-refractivity contribution in [3.05, 3.63) is 29.8 Å². The highest BCUT2D eigenvalue weighted by atomic mass is 19.4. The number of urea groups is 1. The van der Waals surface area contributed by atoms with Crippen LogP contribution in [0.15, 0.2) is 24.3 Å². The van der Waals surface area contributed by atoms with Crippen molar-refractivity contribution in [2.24, 2.45) is 5.92 Å². The van der Waals surface area contributed by atoms with Gasteiger partial charge >= 0.3 is 18.2 Å². The Morgan fingerprint density at radius 2 is 1.91 bits per heavy atom. The zero-order chi connectivity index (χ0) is 16.9. The van der Waals surface area contributed by atoms with Gasteiger partial charge < -0.3 is 15.3 Å². The van der Waals surface area contributed by atoms with E-state index in [0.717, 1.165) is 4.90 Å². The number of carbonyl (C=O) groups excluding carboxylic acids is 1. The minimum atomic E-state index is -4.38. The number of carboxylic acids is 1. The molecule has 1 aromatic carbocycles. The molecule has 0 radical (unpaired) electrons. The summed E-state index contributed by atoms with van der Waals surface area (Å²) in [5.41, 5.74) is 0.00249. The molecule has 0 saturated carbocycles. The number of amides is 2. The van der Waals surface area contributed by atoms with Crippen LogP contribution in [0.2, 0.25) is 0 Å². The lowest BCUT2D eigenvalue weighted by atomic mass is 10.1. The number of aliphatic carboxylic acids is 1. The number of anilines is 1. The van der Waals surface area contributed by atoms with Crippen molar-refractivity contribution >= 4 is 17.7 Å². The number of nitrogens with one attached hydrogen (secondary N) is 1. The van der Waals surface area contributed by atoms with Gasteiger partial charge in [-0.1, -0.05) is 25.1 Å². The van der Waals surface area contributed by atoms with Gasteiger partial charge in [-0.05, 0) is 11.6 Å². The van der Waals surface area contributed by atoms with E-state index in [1.165, 1.54) is 38.2 Å². The van der Waals surface area contributed by atoms with Gasteiger partial charge in [0.15, 0.2) is 0 Å². The summed E-state index contributed by atoms with van der Waals surface area (Å²) in [5.74, 6) is -1.83. The second kappa shape index (κ2) is 7.15. The zero-order valence-corrected chi connectivity index (χ0v) is 12.1. The van der Waals surface area contributed by atoms with Crippen molar-refractivity contribution in [3.63, 3.8) is 0 Å². The van der Waals surface area contributed by atoms with E-state index in [0.29, 0.717) is 0 Å². The lowest BCUT2D eigenvalue weighted by molar-refractivity contribution is -0.141. The van der Waals surface area contributed by atoms with Gasteiger partial charge in [0.05, 0.1) is 12.3 Å². The molecule has 1 atom stereocenters. The number of para-hydroxylation sites is 1. The molecule has 5 nitrogen and oxygen atoms in total. The van der Waals surface area contributed by atoms with Crippen LogP contribution in [-0.2, 0) is 11.2 Å². The standard InChI is InChI=1S/C14H17F3N2O3/c1-9(12(20)21)8-19(2)13(22)18-11-6-4-3-5-10(11)7-14(15,16)17/h3-6,9H,7-8H2,1-2H3,(H,18,22)(H,20,21). The topological polar surface area (TPSA) is 69.6 Å². The fourth-order valence-electron chi connectivity index (χ4n) is 1.79. The summed E-state index contributed by atoms with van der Waals surface area (Å²) in [6, 6.07) is 4.95. The molecular formula is C14H17F3N2O3. The SMILES string of the molecule is CC(CN(C)C(=O)Nc1ccccc1CC(F)(F)F)C(=O)O. The maximum Gasteiger partial charge on any atom is 0.393 e. The third-order valence-electron chi connectivity index (χ3n) is 2.97. The molecule has 0 aliphatic rings. The predicted octanol–water partition coefficient (Wildman–Crippen LogP) is 2.98. The van der Waals surface area contributed by atoms with E-state index in [2.05, 4.69) is 5.32 Å². The fraction of sp³-hybridized carbons (Fsp3) is 0.429. The minimum absolute atomic E-state index is 0.0527. The maximum atomic E-state index is 12.5. The van der Waals surface area contributed by atoms with Gasteiger partial charge in [-0.25, -0.2) is 4.79 Å². The van der Waals surface area contributed by atoms with E-state index in [4.69, 9.17) is 5.11 Å². The lowest BCUT2D eigenvalue weighted by Crippen LogP contribution is -2.36. The predicted molar refractivity (Wildman–Crippen MR) is 74.6 cm³/mol. The Morgan fingerprint density at radius 3 is 2.45 bits per heavy atom. The number of hydrogen-bond acceptors (Lipinski definition) is 2. The first-order chi connectivity index (χ1) is 10.1. The van der Waals surface area contributed by atoms with Crippen LogP contribution < -0.4 is 5.32 Å². The number of carbonyl (C=O) groups is 2. The van der Waals surface area contributed by atoms with Crippen LogP contribution in [0.4, 0.5) is 23.7 Å². The summed E-state index contributed by atoms with van der Waals surface area (Å²) >= 11 is 0. The highest BCUT2D eigenvalue weighted by Gasteiger charge is 2.29. The Hall–Kier alpha value is -2.25. The van der Waals surface area contributed by atoms with Crippen molar-refractivity contribution in [2.45, 2.75) is 19.5 Å². The normalized spacial score (nSPS) is 12.6. The van der Waals surface area contributed by atoms with Gasteiger partial charge in [-0.2, -0.15) is 13.2 Å². The van der Waals surface area contributed by atoms with E-state index in [1.54, 1.807) is 0 Å². The van der Waals surface area contributed by atoms with Crippen LogP contribution in [0.3, 0.4) is 0 Å². The molecule has 0 spiro atoms. The maximum absolute atomic E-state index is 12.5. The van der Waals surface area contributed by atoms with E-state index >= 15 is 0 Å². The van der Waals surface area contributed by atoms with E-state index in [1.807, 2.05) is 0 Å². The van der Waals surface area contributed by atoms with Crippen LogP contribution in [0.5, 0.6) is 0 Å². The molecule has 122 valence electrons. The first-order valence-electron chi connectivity index (χ1n) is 6.49. The van der Waals surface area contributed by atoms with Gasteiger partial charge in [0, 0.05) is 19.3 Å². The molecule has 8 heteroatoms. The molecule has 0 aromatic heterocycles. The number of halogens is 3. The van der Waals surface area contributed by atoms with E-state index in [-0.39, 0.29) is 17.8 Å². The Kier molecular flexibility index (Phi) is 5.78. The van der Waals surface area contributed by atoms with Crippen molar-refractivity contribution in [3.8, 4) is 0 Å². The summed E-state index contributed by atoms with van der Waals surface area (Å²) in [6.45, 7) is 1.38. The first-order valence-corrected chi connectivity index (χ1v) is 6.49. The number of carboxylic acid groups (broad SMARTS) is 1. The van der Waals surface area contributed by atoms with Crippen LogP contribution in [-0.4, -0.2) is 41.8 Å². The van der Waals surface area contributed by atoms with Crippen LogP contribution in [0.25, 0.3) is 0 Å². The summed E-state index contributed by atoms with van der Waals surface area (Å²) in [6.07, 6.45) is -5.54. The molecule has 2 N–H and O–H groups in total. The molecule has 0 bridgehead atoms. The van der Waals surface area contributed by atoms with Gasteiger partial charge in [-0.3, -0.25) is 4.79 Å². The highest BCUT2D eigenvalue weighted by Crippen LogP contribution is 2.26. The Morgan fingerprint density at radius 1 is 1.32 bits per heavy atom. The smallest absolute Gasteiger partial charge is 0.393 e. The van der Waals surface area contributed by atoms with E-state index < -0.39 is 30.5 Å². The molecule has 0 fully saturated rings. The first kappa shape index (κ1) is 17.8. The molecule has 0 aliphatic carbocycles. The average Bonchev–Trinajstić information content (AvgIpc) is 2.39. The third kappa shape index (κ3) is 5.63. The van der Waals surface area contributed by atoms with Crippen molar-refractivity contribution in [1.29, 1.82) is 0 Å². The second-order valence-corrected chi connectivity index (χ2v) is 5.00. The Labute approximate surface area is 125 Å². The van der Waals surface area contributed by atoms with Crippen molar-refractivity contribution in [2.75, 3.05) is 18.9 Å². The van der Waals surface area contributed by atoms with Gasteiger partial charge in [0.25, 0.3) is 0 Å². The summed E-state index contributed by atoms with van der Waals surface area (Å²) in [5, 5.41) is 11.2. The number of alkyl halides is 3. The molecule has 1 rings (SSSR count). The molecule has 1 aromatic rings. The molecule has 0 heterocycles. The highest BCUT2D eigenvalue weighted by molar-refractivity contribution is 5.90. The van der Waals surface area contributed by atoms with Crippen LogP contribution >= 0.6 is 0 Å². The zero-order valence-electron chi connectivity index (χ0n) is 12.1. The molecule has 1 unspecified atom stereocenters. The summed E-state index contributed by atoms with van der Waals surface area (Å²) in [4.78, 5) is 23.8. The summed E-state index contributed by atoms with van der Waals surface area (Å²) < 4.78 is 37.5. The molecule has 0 saturated heterocycles.